The van der Waals surface area contributed by atoms with Gasteiger partial charge in [0.25, 0.3) is 5.91 Å². The molecule has 1 aliphatic rings. The molecule has 2 aromatic rings. The molecule has 0 aliphatic carbocycles. The fourth-order valence-electron chi connectivity index (χ4n) is 2.96. The first-order valence-electron chi connectivity index (χ1n) is 7.90. The summed E-state index contributed by atoms with van der Waals surface area (Å²) < 4.78 is 1.78. The van der Waals surface area contributed by atoms with Gasteiger partial charge >= 0.3 is 0 Å². The minimum Gasteiger partial charge on any atom is -0.393 e. The van der Waals surface area contributed by atoms with Crippen LogP contribution >= 0.6 is 11.6 Å². The summed E-state index contributed by atoms with van der Waals surface area (Å²) in [6.07, 6.45) is 3.31. The van der Waals surface area contributed by atoms with Crippen LogP contribution in [0.4, 0.5) is 0 Å². The van der Waals surface area contributed by atoms with Crippen LogP contribution in [0.3, 0.4) is 0 Å². The van der Waals surface area contributed by atoms with Crippen molar-refractivity contribution in [3.05, 3.63) is 46.7 Å². The number of aliphatic hydroxyl groups is 1. The van der Waals surface area contributed by atoms with E-state index in [1.807, 2.05) is 31.2 Å². The Balaban J connectivity index is 1.90. The molecule has 6 heteroatoms. The number of halogens is 1. The minimum atomic E-state index is -0.293. The van der Waals surface area contributed by atoms with E-state index in [9.17, 15) is 9.90 Å². The highest BCUT2D eigenvalue weighted by atomic mass is 35.5. The van der Waals surface area contributed by atoms with E-state index in [2.05, 4.69) is 5.10 Å². The Morgan fingerprint density at radius 3 is 2.78 bits per heavy atom. The van der Waals surface area contributed by atoms with E-state index in [0.29, 0.717) is 42.9 Å². The molecule has 1 amide bonds. The summed E-state index contributed by atoms with van der Waals surface area (Å²) in [4.78, 5) is 14.6. The molecule has 3 rings (SSSR count). The average Bonchev–Trinajstić information content (AvgIpc) is 2.98. The SMILES string of the molecule is CCc1c(C(=O)N2CCC(O)CC2)cnn1-c1cccc(Cl)c1. The number of carbonyl (C=O) groups is 1. The second kappa shape index (κ2) is 6.72. The highest BCUT2D eigenvalue weighted by molar-refractivity contribution is 6.30. The predicted molar refractivity (Wildman–Crippen MR) is 89.1 cm³/mol. The summed E-state index contributed by atoms with van der Waals surface area (Å²) >= 11 is 6.06. The second-order valence-corrected chi connectivity index (χ2v) is 6.21. The highest BCUT2D eigenvalue weighted by Crippen LogP contribution is 2.21. The minimum absolute atomic E-state index is 0.0120. The van der Waals surface area contributed by atoms with E-state index < -0.39 is 0 Å². The molecule has 0 saturated carbocycles. The van der Waals surface area contributed by atoms with Crippen LogP contribution in [0.1, 0.15) is 35.8 Å². The summed E-state index contributed by atoms with van der Waals surface area (Å²) in [5, 5.41) is 14.6. The zero-order valence-corrected chi connectivity index (χ0v) is 13.8. The largest absolute Gasteiger partial charge is 0.393 e. The normalized spacial score (nSPS) is 15.9. The molecule has 2 heterocycles. The Morgan fingerprint density at radius 2 is 2.13 bits per heavy atom. The topological polar surface area (TPSA) is 58.4 Å². The zero-order chi connectivity index (χ0) is 16.4. The third-order valence-corrected chi connectivity index (χ3v) is 4.47. The van der Waals surface area contributed by atoms with Gasteiger partial charge in [-0.05, 0) is 37.5 Å². The van der Waals surface area contributed by atoms with Crippen molar-refractivity contribution in [2.24, 2.45) is 0 Å². The molecule has 0 unspecified atom stereocenters. The molecule has 1 saturated heterocycles. The van der Waals surface area contributed by atoms with E-state index in [4.69, 9.17) is 11.6 Å². The molecular formula is C17H20ClN3O2. The number of nitrogens with zero attached hydrogens (tertiary/aromatic N) is 3. The van der Waals surface area contributed by atoms with Crippen LogP contribution < -0.4 is 0 Å². The Labute approximate surface area is 140 Å². The van der Waals surface area contributed by atoms with Crippen molar-refractivity contribution in [2.75, 3.05) is 13.1 Å². The quantitative estimate of drug-likeness (QED) is 0.939. The molecule has 1 aromatic heterocycles. The average molecular weight is 334 g/mol. The van der Waals surface area contributed by atoms with Crippen LogP contribution in [0.15, 0.2) is 30.5 Å². The van der Waals surface area contributed by atoms with Crippen molar-refractivity contribution >= 4 is 17.5 Å². The Hall–Kier alpha value is -1.85. The maximum absolute atomic E-state index is 12.8. The summed E-state index contributed by atoms with van der Waals surface area (Å²) in [6.45, 7) is 3.19. The lowest BCUT2D eigenvalue weighted by Crippen LogP contribution is -2.40. The van der Waals surface area contributed by atoms with Gasteiger partial charge in [-0.1, -0.05) is 24.6 Å². The van der Waals surface area contributed by atoms with Crippen LogP contribution in [0.5, 0.6) is 0 Å². The Kier molecular flexibility index (Phi) is 4.68. The van der Waals surface area contributed by atoms with E-state index >= 15 is 0 Å². The number of likely N-dealkylation sites (tertiary alicyclic amines) is 1. The molecule has 1 fully saturated rings. The third-order valence-electron chi connectivity index (χ3n) is 4.24. The molecule has 0 spiro atoms. The number of piperidine rings is 1. The maximum atomic E-state index is 12.8. The first-order valence-corrected chi connectivity index (χ1v) is 8.28. The summed E-state index contributed by atoms with van der Waals surface area (Å²) in [5.74, 6) is -0.0120. The van der Waals surface area contributed by atoms with Gasteiger partial charge < -0.3 is 10.0 Å². The van der Waals surface area contributed by atoms with Crippen molar-refractivity contribution in [2.45, 2.75) is 32.3 Å². The fourth-order valence-corrected chi connectivity index (χ4v) is 3.15. The van der Waals surface area contributed by atoms with E-state index in [1.165, 1.54) is 0 Å². The number of hydrogen-bond acceptors (Lipinski definition) is 3. The summed E-state index contributed by atoms with van der Waals surface area (Å²) in [5.41, 5.74) is 2.36. The maximum Gasteiger partial charge on any atom is 0.257 e. The van der Waals surface area contributed by atoms with Gasteiger partial charge in [0.05, 0.1) is 29.2 Å². The molecular weight excluding hydrogens is 314 g/mol. The number of aliphatic hydroxyl groups excluding tert-OH is 1. The lowest BCUT2D eigenvalue weighted by atomic mass is 10.1. The number of hydrogen-bond donors (Lipinski definition) is 1. The van der Waals surface area contributed by atoms with E-state index in [-0.39, 0.29) is 12.0 Å². The van der Waals surface area contributed by atoms with E-state index in [1.54, 1.807) is 15.8 Å². The van der Waals surface area contributed by atoms with Gasteiger partial charge in [-0.2, -0.15) is 5.10 Å². The van der Waals surface area contributed by atoms with Crippen LogP contribution in [0.25, 0.3) is 5.69 Å². The van der Waals surface area contributed by atoms with Crippen molar-refractivity contribution in [1.29, 1.82) is 0 Å². The summed E-state index contributed by atoms with van der Waals surface area (Å²) in [7, 11) is 0. The lowest BCUT2D eigenvalue weighted by molar-refractivity contribution is 0.0545. The third kappa shape index (κ3) is 3.26. The van der Waals surface area contributed by atoms with Crippen LogP contribution in [0, 0.1) is 0 Å². The van der Waals surface area contributed by atoms with Gasteiger partial charge in [0.1, 0.15) is 0 Å². The molecule has 23 heavy (non-hydrogen) atoms. The van der Waals surface area contributed by atoms with Crippen molar-refractivity contribution in [3.63, 3.8) is 0 Å². The van der Waals surface area contributed by atoms with Crippen LogP contribution in [0.2, 0.25) is 5.02 Å². The van der Waals surface area contributed by atoms with Gasteiger partial charge in [-0.15, -0.1) is 0 Å². The molecule has 0 radical (unpaired) electrons. The predicted octanol–water partition coefficient (Wildman–Crippen LogP) is 2.69. The lowest BCUT2D eigenvalue weighted by Gasteiger charge is -2.29. The molecule has 1 aromatic carbocycles. The van der Waals surface area contributed by atoms with Crippen LogP contribution in [-0.4, -0.2) is 44.9 Å². The van der Waals surface area contributed by atoms with Crippen LogP contribution in [-0.2, 0) is 6.42 Å². The first kappa shape index (κ1) is 16.0. The first-order chi connectivity index (χ1) is 11.1. The van der Waals surface area contributed by atoms with Crippen molar-refractivity contribution in [1.82, 2.24) is 14.7 Å². The molecule has 122 valence electrons. The Bertz CT molecular complexity index is 706. The molecule has 5 nitrogen and oxygen atoms in total. The van der Waals surface area contributed by atoms with Crippen molar-refractivity contribution in [3.8, 4) is 5.69 Å². The van der Waals surface area contributed by atoms with Gasteiger partial charge in [0.15, 0.2) is 0 Å². The number of benzene rings is 1. The molecule has 1 N–H and O–H groups in total. The number of rotatable bonds is 3. The van der Waals surface area contributed by atoms with Gasteiger partial charge in [-0.25, -0.2) is 4.68 Å². The molecule has 0 atom stereocenters. The fraction of sp³-hybridized carbons (Fsp3) is 0.412. The standard InChI is InChI=1S/C17H20ClN3O2/c1-2-16-15(17(23)20-8-6-14(22)7-9-20)11-19-21(16)13-5-3-4-12(18)10-13/h3-5,10-11,14,22H,2,6-9H2,1H3. The smallest absolute Gasteiger partial charge is 0.257 e. The zero-order valence-electron chi connectivity index (χ0n) is 13.1. The number of aromatic nitrogens is 2. The number of carbonyl (C=O) groups excluding carboxylic acids is 1. The second-order valence-electron chi connectivity index (χ2n) is 5.77. The van der Waals surface area contributed by atoms with Gasteiger partial charge in [0.2, 0.25) is 0 Å². The van der Waals surface area contributed by atoms with Crippen molar-refractivity contribution < 1.29 is 9.90 Å². The summed E-state index contributed by atoms with van der Waals surface area (Å²) in [6, 6.07) is 7.43. The Morgan fingerprint density at radius 1 is 1.39 bits per heavy atom. The number of amides is 1. The highest BCUT2D eigenvalue weighted by Gasteiger charge is 2.26. The van der Waals surface area contributed by atoms with Gasteiger partial charge in [-0.3, -0.25) is 4.79 Å². The monoisotopic (exact) mass is 333 g/mol. The van der Waals surface area contributed by atoms with Gasteiger partial charge in [0, 0.05) is 18.1 Å². The molecule has 0 bridgehead atoms. The van der Waals surface area contributed by atoms with E-state index in [0.717, 1.165) is 11.4 Å². The molecule has 1 aliphatic heterocycles.